The Morgan fingerprint density at radius 1 is 0.519 bits per heavy atom. The van der Waals surface area contributed by atoms with E-state index >= 15 is 0 Å². The van der Waals surface area contributed by atoms with Gasteiger partial charge >= 0.3 is 0 Å². The van der Waals surface area contributed by atoms with Gasteiger partial charge in [-0.3, -0.25) is 0 Å². The first kappa shape index (κ1) is 26.6. The van der Waals surface area contributed by atoms with Crippen LogP contribution in [0.3, 0.4) is 0 Å². The molecule has 0 aliphatic heterocycles. The molecule has 0 aromatic heterocycles. The van der Waals surface area contributed by atoms with Crippen molar-refractivity contribution in [3.63, 3.8) is 0 Å². The zero-order valence-electron chi connectivity index (χ0n) is 19.6. The van der Waals surface area contributed by atoms with Crippen LogP contribution in [-0.4, -0.2) is 0 Å². The Kier molecular flexibility index (Phi) is 21.5. The van der Waals surface area contributed by atoms with E-state index < -0.39 is 0 Å². The maximum Gasteiger partial charge on any atom is 0.00912 e. The second-order valence-corrected chi connectivity index (χ2v) is 8.92. The van der Waals surface area contributed by atoms with Crippen molar-refractivity contribution in [1.82, 2.24) is 0 Å². The predicted octanol–water partition coefficient (Wildman–Crippen LogP) is 9.71. The molecule has 2 unspecified atom stereocenters. The third-order valence-electron chi connectivity index (χ3n) is 6.15. The standard InChI is InChI=1S/C27H52/c1-5-8-10-12-15-18-22-26(4)23-19-16-13-14-17-21-25-27(7-3)24-20-11-9-6-2/h26-27H,5-11,13-14,16-25H2,1-4H3. The summed E-state index contributed by atoms with van der Waals surface area (Å²) in [4.78, 5) is 0. The third kappa shape index (κ3) is 20.1. The Morgan fingerprint density at radius 2 is 1.04 bits per heavy atom. The number of rotatable bonds is 19. The van der Waals surface area contributed by atoms with Crippen LogP contribution in [-0.2, 0) is 0 Å². The smallest absolute Gasteiger partial charge is 0.00912 e. The van der Waals surface area contributed by atoms with Crippen LogP contribution in [0.2, 0.25) is 0 Å². The molecule has 0 heteroatoms. The van der Waals surface area contributed by atoms with Crippen LogP contribution in [0.25, 0.3) is 0 Å². The van der Waals surface area contributed by atoms with E-state index in [2.05, 4.69) is 39.5 Å². The monoisotopic (exact) mass is 376 g/mol. The highest BCUT2D eigenvalue weighted by Gasteiger charge is 2.06. The van der Waals surface area contributed by atoms with Crippen LogP contribution in [0.5, 0.6) is 0 Å². The van der Waals surface area contributed by atoms with Gasteiger partial charge in [0.15, 0.2) is 0 Å². The van der Waals surface area contributed by atoms with Gasteiger partial charge in [-0.05, 0) is 24.7 Å². The lowest BCUT2D eigenvalue weighted by molar-refractivity contribution is 0.392. The summed E-state index contributed by atoms with van der Waals surface area (Å²) in [7, 11) is 0. The molecule has 0 radical (unpaired) electrons. The van der Waals surface area contributed by atoms with Crippen molar-refractivity contribution < 1.29 is 0 Å². The van der Waals surface area contributed by atoms with Gasteiger partial charge in [-0.25, -0.2) is 0 Å². The minimum atomic E-state index is 0.864. The molecule has 0 fully saturated rings. The van der Waals surface area contributed by atoms with Gasteiger partial charge in [-0.1, -0.05) is 124 Å². The maximum atomic E-state index is 3.36. The number of hydrogen-bond acceptors (Lipinski definition) is 0. The second-order valence-electron chi connectivity index (χ2n) is 8.92. The second kappa shape index (κ2) is 21.9. The van der Waals surface area contributed by atoms with Gasteiger partial charge in [0.1, 0.15) is 0 Å². The molecule has 0 saturated heterocycles. The minimum absolute atomic E-state index is 0.864. The SMILES string of the molecule is CCCCC#CCCC(C)CCCCCCCCC(CC)CCCCCC. The van der Waals surface area contributed by atoms with Gasteiger partial charge in [0.2, 0.25) is 0 Å². The fraction of sp³-hybridized carbons (Fsp3) is 0.926. The average Bonchev–Trinajstić information content (AvgIpc) is 2.68. The van der Waals surface area contributed by atoms with Crippen LogP contribution >= 0.6 is 0 Å². The third-order valence-corrected chi connectivity index (χ3v) is 6.15. The molecule has 0 saturated carbocycles. The summed E-state index contributed by atoms with van der Waals surface area (Å²) in [6, 6.07) is 0. The van der Waals surface area contributed by atoms with E-state index in [-0.39, 0.29) is 0 Å². The fourth-order valence-corrected chi connectivity index (χ4v) is 3.95. The Hall–Kier alpha value is -0.440. The lowest BCUT2D eigenvalue weighted by Crippen LogP contribution is -1.99. The molecule has 0 aromatic rings. The molecule has 0 amide bonds. The van der Waals surface area contributed by atoms with Gasteiger partial charge < -0.3 is 0 Å². The Balaban J connectivity index is 3.40. The Morgan fingerprint density at radius 3 is 1.63 bits per heavy atom. The summed E-state index contributed by atoms with van der Waals surface area (Å²) in [5, 5.41) is 0. The van der Waals surface area contributed by atoms with Crippen molar-refractivity contribution in [2.45, 2.75) is 150 Å². The van der Waals surface area contributed by atoms with Crippen molar-refractivity contribution in [3.8, 4) is 11.8 Å². The van der Waals surface area contributed by atoms with Crippen molar-refractivity contribution in [1.29, 1.82) is 0 Å². The predicted molar refractivity (Wildman–Crippen MR) is 125 cm³/mol. The highest BCUT2D eigenvalue weighted by atomic mass is 14.1. The zero-order chi connectivity index (χ0) is 20.0. The van der Waals surface area contributed by atoms with E-state index in [0.717, 1.165) is 24.7 Å². The van der Waals surface area contributed by atoms with Crippen molar-refractivity contribution in [2.75, 3.05) is 0 Å². The van der Waals surface area contributed by atoms with Crippen molar-refractivity contribution in [2.24, 2.45) is 11.8 Å². The summed E-state index contributed by atoms with van der Waals surface area (Å²) in [6.07, 6.45) is 26.3. The molecule has 0 heterocycles. The highest BCUT2D eigenvalue weighted by Crippen LogP contribution is 2.22. The molecule has 0 nitrogen and oxygen atoms in total. The van der Waals surface area contributed by atoms with Crippen LogP contribution in [0.1, 0.15) is 150 Å². The largest absolute Gasteiger partial charge is 0.103 e. The Bertz CT molecular complexity index is 332. The first-order chi connectivity index (χ1) is 13.2. The molecule has 160 valence electrons. The molecular formula is C27H52. The van der Waals surface area contributed by atoms with Crippen LogP contribution < -0.4 is 0 Å². The van der Waals surface area contributed by atoms with E-state index in [4.69, 9.17) is 0 Å². The van der Waals surface area contributed by atoms with Gasteiger partial charge in [0, 0.05) is 12.8 Å². The summed E-state index contributed by atoms with van der Waals surface area (Å²) in [6.45, 7) is 9.35. The summed E-state index contributed by atoms with van der Waals surface area (Å²) >= 11 is 0. The van der Waals surface area contributed by atoms with Crippen LogP contribution in [0, 0.1) is 23.7 Å². The van der Waals surface area contributed by atoms with E-state index in [1.54, 1.807) is 0 Å². The van der Waals surface area contributed by atoms with Crippen molar-refractivity contribution in [3.05, 3.63) is 0 Å². The maximum absolute atomic E-state index is 3.36. The first-order valence-corrected chi connectivity index (χ1v) is 12.7. The summed E-state index contributed by atoms with van der Waals surface area (Å²) < 4.78 is 0. The van der Waals surface area contributed by atoms with E-state index in [1.807, 2.05) is 0 Å². The molecule has 0 bridgehead atoms. The summed E-state index contributed by atoms with van der Waals surface area (Å²) in [5.41, 5.74) is 0. The van der Waals surface area contributed by atoms with Crippen LogP contribution in [0.15, 0.2) is 0 Å². The minimum Gasteiger partial charge on any atom is -0.103 e. The molecule has 0 spiro atoms. The fourth-order valence-electron chi connectivity index (χ4n) is 3.95. The molecular weight excluding hydrogens is 324 g/mol. The molecule has 27 heavy (non-hydrogen) atoms. The lowest BCUT2D eigenvalue weighted by atomic mass is 9.92. The molecule has 0 aliphatic carbocycles. The van der Waals surface area contributed by atoms with Crippen molar-refractivity contribution >= 4 is 0 Å². The first-order valence-electron chi connectivity index (χ1n) is 12.7. The van der Waals surface area contributed by atoms with E-state index in [9.17, 15) is 0 Å². The quantitative estimate of drug-likeness (QED) is 0.155. The van der Waals surface area contributed by atoms with Gasteiger partial charge in [0.25, 0.3) is 0 Å². The normalized spacial score (nSPS) is 13.2. The van der Waals surface area contributed by atoms with Gasteiger partial charge in [0.05, 0.1) is 0 Å². The topological polar surface area (TPSA) is 0 Å². The lowest BCUT2D eigenvalue weighted by Gasteiger charge is -2.14. The zero-order valence-corrected chi connectivity index (χ0v) is 19.6. The van der Waals surface area contributed by atoms with E-state index in [1.165, 1.54) is 109 Å². The Labute approximate surface area is 173 Å². The number of hydrogen-bond donors (Lipinski definition) is 0. The summed E-state index contributed by atoms with van der Waals surface area (Å²) in [5.74, 6) is 8.55. The molecule has 0 rings (SSSR count). The molecule has 0 N–H and O–H groups in total. The molecule has 0 aliphatic rings. The van der Waals surface area contributed by atoms with Crippen LogP contribution in [0.4, 0.5) is 0 Å². The molecule has 0 aromatic carbocycles. The average molecular weight is 377 g/mol. The molecule has 2 atom stereocenters. The number of unbranched alkanes of at least 4 members (excludes halogenated alkanes) is 10. The van der Waals surface area contributed by atoms with E-state index in [0.29, 0.717) is 0 Å². The van der Waals surface area contributed by atoms with Gasteiger partial charge in [-0.2, -0.15) is 0 Å². The van der Waals surface area contributed by atoms with Gasteiger partial charge in [-0.15, -0.1) is 11.8 Å². The highest BCUT2D eigenvalue weighted by molar-refractivity contribution is 4.98.